The highest BCUT2D eigenvalue weighted by Crippen LogP contribution is 2.52. The molecular formula is C23H16ClFN2O4S. The molecule has 0 unspecified atom stereocenters. The number of amides is 2. The van der Waals surface area contributed by atoms with Crippen molar-refractivity contribution in [3.8, 4) is 0 Å². The Bertz CT molecular complexity index is 1380. The van der Waals surface area contributed by atoms with Gasteiger partial charge >= 0.3 is 0 Å². The first kappa shape index (κ1) is 20.7. The van der Waals surface area contributed by atoms with Crippen LogP contribution in [0.2, 0.25) is 5.02 Å². The summed E-state index contributed by atoms with van der Waals surface area (Å²) < 4.78 is 40.5. The highest BCUT2D eigenvalue weighted by molar-refractivity contribution is 7.94. The Morgan fingerprint density at radius 1 is 0.969 bits per heavy atom. The van der Waals surface area contributed by atoms with Crippen LogP contribution >= 0.6 is 11.6 Å². The highest BCUT2D eigenvalue weighted by Gasteiger charge is 2.69. The molecule has 0 aromatic heterocycles. The number of hydrogen-bond donors (Lipinski definition) is 0. The fraction of sp³-hybridized carbons (Fsp3) is 0.130. The molecule has 1 saturated heterocycles. The Morgan fingerprint density at radius 3 is 2.41 bits per heavy atom. The van der Waals surface area contributed by atoms with Crippen LogP contribution in [0.3, 0.4) is 0 Å². The summed E-state index contributed by atoms with van der Waals surface area (Å²) >= 11 is 6.09. The van der Waals surface area contributed by atoms with E-state index in [4.69, 9.17) is 11.6 Å². The number of sulfone groups is 1. The molecule has 6 nitrogen and oxygen atoms in total. The van der Waals surface area contributed by atoms with Crippen LogP contribution in [0.25, 0.3) is 0 Å². The Morgan fingerprint density at radius 2 is 1.69 bits per heavy atom. The van der Waals surface area contributed by atoms with Crippen molar-refractivity contribution < 1.29 is 22.4 Å². The lowest BCUT2D eigenvalue weighted by atomic mass is 10.0. The van der Waals surface area contributed by atoms with E-state index in [9.17, 15) is 22.4 Å². The van der Waals surface area contributed by atoms with Gasteiger partial charge in [-0.15, -0.1) is 0 Å². The Kier molecular flexibility index (Phi) is 4.61. The van der Waals surface area contributed by atoms with Crippen LogP contribution in [0, 0.1) is 5.82 Å². The second kappa shape index (κ2) is 7.15. The highest BCUT2D eigenvalue weighted by atomic mass is 35.5. The lowest BCUT2D eigenvalue weighted by molar-refractivity contribution is -0.123. The van der Waals surface area contributed by atoms with Gasteiger partial charge in [0.05, 0.1) is 12.2 Å². The molecule has 32 heavy (non-hydrogen) atoms. The zero-order chi connectivity index (χ0) is 22.7. The molecule has 2 aliphatic heterocycles. The number of halogens is 2. The van der Waals surface area contributed by atoms with Crippen molar-refractivity contribution in [2.75, 3.05) is 15.6 Å². The summed E-state index contributed by atoms with van der Waals surface area (Å²) in [5, 5.41) is 0.480. The Balaban J connectivity index is 1.73. The number of rotatable bonds is 3. The molecule has 0 N–H and O–H groups in total. The van der Waals surface area contributed by atoms with Crippen molar-refractivity contribution in [1.29, 1.82) is 0 Å². The molecule has 2 aliphatic rings. The number of fused-ring (bicyclic) bond motifs is 2. The Labute approximate surface area is 188 Å². The summed E-state index contributed by atoms with van der Waals surface area (Å²) in [6.45, 7) is 0.0686. The molecule has 3 aromatic rings. The van der Waals surface area contributed by atoms with Crippen molar-refractivity contribution in [3.63, 3.8) is 0 Å². The number of carbonyl (C=O) groups excluding carboxylic acids is 2. The maximum Gasteiger partial charge on any atom is 0.274 e. The number of nitrogens with zero attached hydrogens (tertiary/aromatic N) is 2. The van der Waals surface area contributed by atoms with Gasteiger partial charge in [0, 0.05) is 16.3 Å². The van der Waals surface area contributed by atoms with Crippen molar-refractivity contribution in [2.45, 2.75) is 11.4 Å². The van der Waals surface area contributed by atoms with Crippen molar-refractivity contribution >= 4 is 44.6 Å². The molecule has 0 saturated carbocycles. The van der Waals surface area contributed by atoms with E-state index in [0.29, 0.717) is 16.3 Å². The van der Waals surface area contributed by atoms with Crippen LogP contribution in [0.4, 0.5) is 15.8 Å². The summed E-state index contributed by atoms with van der Waals surface area (Å²) in [6, 6.07) is 18.2. The lowest BCUT2D eigenvalue weighted by Crippen LogP contribution is -2.54. The van der Waals surface area contributed by atoms with E-state index in [1.165, 1.54) is 23.1 Å². The maximum atomic E-state index is 13.9. The molecule has 1 atom stereocenters. The maximum absolute atomic E-state index is 13.9. The third kappa shape index (κ3) is 2.79. The number of para-hydroxylation sites is 1. The molecule has 1 spiro atoms. The first-order valence-corrected chi connectivity index (χ1v) is 11.8. The molecule has 0 bridgehead atoms. The number of hydrogen-bond acceptors (Lipinski definition) is 4. The second-order valence-corrected chi connectivity index (χ2v) is 10.2. The van der Waals surface area contributed by atoms with E-state index >= 15 is 0 Å². The molecule has 2 heterocycles. The third-order valence-corrected chi connectivity index (χ3v) is 8.08. The van der Waals surface area contributed by atoms with E-state index in [2.05, 4.69) is 0 Å². The van der Waals surface area contributed by atoms with Gasteiger partial charge in [-0.1, -0.05) is 41.9 Å². The van der Waals surface area contributed by atoms with E-state index < -0.39 is 38.1 Å². The van der Waals surface area contributed by atoms with Gasteiger partial charge in [0.25, 0.3) is 10.8 Å². The molecule has 0 aliphatic carbocycles. The summed E-state index contributed by atoms with van der Waals surface area (Å²) in [5.74, 6) is -2.87. The van der Waals surface area contributed by atoms with Gasteiger partial charge in [0.15, 0.2) is 9.84 Å². The quantitative estimate of drug-likeness (QED) is 0.585. The average molecular weight is 471 g/mol. The molecule has 162 valence electrons. The van der Waals surface area contributed by atoms with Gasteiger partial charge in [-0.05, 0) is 48.0 Å². The van der Waals surface area contributed by atoms with E-state index in [0.717, 1.165) is 17.0 Å². The van der Waals surface area contributed by atoms with Crippen molar-refractivity contribution in [1.82, 2.24) is 0 Å². The van der Waals surface area contributed by atoms with E-state index in [1.54, 1.807) is 42.5 Å². The largest absolute Gasteiger partial charge is 0.304 e. The van der Waals surface area contributed by atoms with E-state index in [-0.39, 0.29) is 17.8 Å². The van der Waals surface area contributed by atoms with Crippen LogP contribution in [0.5, 0.6) is 0 Å². The number of anilines is 2. The van der Waals surface area contributed by atoms with Crippen LogP contribution in [0.15, 0.2) is 72.8 Å². The normalized spacial score (nSPS) is 21.4. The molecule has 2 amide bonds. The number of carbonyl (C=O) groups is 2. The molecular weight excluding hydrogens is 455 g/mol. The fourth-order valence-electron chi connectivity index (χ4n) is 4.46. The minimum atomic E-state index is -4.27. The van der Waals surface area contributed by atoms with Crippen molar-refractivity contribution in [3.05, 3.63) is 94.8 Å². The van der Waals surface area contributed by atoms with Gasteiger partial charge < -0.3 is 4.90 Å². The topological polar surface area (TPSA) is 74.8 Å². The minimum absolute atomic E-state index is 0.0686. The first-order valence-electron chi connectivity index (χ1n) is 9.72. The molecule has 0 radical (unpaired) electrons. The van der Waals surface area contributed by atoms with Gasteiger partial charge in [-0.2, -0.15) is 0 Å². The van der Waals surface area contributed by atoms with Gasteiger partial charge in [0.1, 0.15) is 11.6 Å². The number of benzene rings is 3. The zero-order valence-electron chi connectivity index (χ0n) is 16.5. The first-order chi connectivity index (χ1) is 15.3. The lowest BCUT2D eigenvalue weighted by Gasteiger charge is -2.32. The smallest absolute Gasteiger partial charge is 0.274 e. The SMILES string of the molecule is O=C1CS(=O)(=O)[C@@]2(C(=O)N(Cc3cccc(Cl)c3)c3ccccc32)N1c1ccc(F)cc1. The second-order valence-electron chi connectivity index (χ2n) is 7.65. The summed E-state index contributed by atoms with van der Waals surface area (Å²) in [4.78, 5) is 27.0. The predicted octanol–water partition coefficient (Wildman–Crippen LogP) is 3.64. The van der Waals surface area contributed by atoms with Crippen molar-refractivity contribution in [2.24, 2.45) is 0 Å². The molecule has 9 heteroatoms. The third-order valence-electron chi connectivity index (χ3n) is 5.74. The van der Waals surface area contributed by atoms with Crippen LogP contribution in [0.1, 0.15) is 11.1 Å². The van der Waals surface area contributed by atoms with Gasteiger partial charge in [0.2, 0.25) is 5.91 Å². The van der Waals surface area contributed by atoms with Gasteiger partial charge in [-0.3, -0.25) is 14.5 Å². The molecule has 3 aromatic carbocycles. The molecule has 1 fully saturated rings. The van der Waals surface area contributed by atoms with E-state index in [1.807, 2.05) is 0 Å². The van der Waals surface area contributed by atoms with Crippen LogP contribution < -0.4 is 9.80 Å². The predicted molar refractivity (Wildman–Crippen MR) is 118 cm³/mol. The summed E-state index contributed by atoms with van der Waals surface area (Å²) in [5.41, 5.74) is 1.42. The summed E-state index contributed by atoms with van der Waals surface area (Å²) in [7, 11) is -4.27. The van der Waals surface area contributed by atoms with Crippen LogP contribution in [-0.2, 0) is 30.8 Å². The Hall–Kier alpha value is -3.23. The summed E-state index contributed by atoms with van der Waals surface area (Å²) in [6.07, 6.45) is 0. The average Bonchev–Trinajstić information content (AvgIpc) is 3.12. The van der Waals surface area contributed by atoms with Gasteiger partial charge in [-0.25, -0.2) is 12.8 Å². The van der Waals surface area contributed by atoms with Crippen LogP contribution in [-0.4, -0.2) is 26.0 Å². The monoisotopic (exact) mass is 470 g/mol. The minimum Gasteiger partial charge on any atom is -0.304 e. The molecule has 5 rings (SSSR count). The fourth-order valence-corrected chi connectivity index (χ4v) is 6.70. The zero-order valence-corrected chi connectivity index (χ0v) is 18.1. The standard InChI is InChI=1S/C23H16ClFN2O4S/c24-16-5-3-4-15(12-16)13-26-20-7-2-1-6-19(20)23(22(26)29)27(21(28)14-32(23,30)31)18-10-8-17(25)9-11-18/h1-12H,13-14H2/t23-/m0/s1.